The summed E-state index contributed by atoms with van der Waals surface area (Å²) >= 11 is 4.73. The molecule has 0 bridgehead atoms. The van der Waals surface area contributed by atoms with E-state index in [2.05, 4.69) is 49.2 Å². The fourth-order valence-corrected chi connectivity index (χ4v) is 2.18. The van der Waals surface area contributed by atoms with Crippen LogP contribution in [-0.4, -0.2) is 28.3 Å². The lowest BCUT2D eigenvalue weighted by atomic mass is 10.1. The van der Waals surface area contributed by atoms with Gasteiger partial charge in [-0.1, -0.05) is 24.3 Å². The number of hydrogen-bond donors (Lipinski definition) is 2. The maximum Gasteiger partial charge on any atom is 0.184 e. The van der Waals surface area contributed by atoms with Crippen molar-refractivity contribution < 1.29 is 0 Å². The summed E-state index contributed by atoms with van der Waals surface area (Å²) in [5.41, 5.74) is 10.2. The van der Waals surface area contributed by atoms with Crippen LogP contribution in [0.1, 0.15) is 38.8 Å². The molecule has 20 heavy (non-hydrogen) atoms. The third-order valence-electron chi connectivity index (χ3n) is 3.11. The summed E-state index contributed by atoms with van der Waals surface area (Å²) in [6.07, 6.45) is 1.76. The van der Waals surface area contributed by atoms with Crippen molar-refractivity contribution in [3.63, 3.8) is 0 Å². The predicted molar refractivity (Wildman–Crippen MR) is 89.8 cm³/mol. The van der Waals surface area contributed by atoms with Crippen LogP contribution in [0.5, 0.6) is 0 Å². The Morgan fingerprint density at radius 2 is 1.90 bits per heavy atom. The zero-order valence-electron chi connectivity index (χ0n) is 12.6. The van der Waals surface area contributed by atoms with Gasteiger partial charge in [0, 0.05) is 18.6 Å². The molecule has 0 saturated carbocycles. The van der Waals surface area contributed by atoms with Crippen LogP contribution in [0.4, 0.5) is 0 Å². The van der Waals surface area contributed by atoms with Gasteiger partial charge in [0.05, 0.1) is 6.21 Å². The first-order chi connectivity index (χ1) is 9.41. The molecule has 5 heteroatoms. The maximum absolute atomic E-state index is 5.35. The van der Waals surface area contributed by atoms with E-state index in [-0.39, 0.29) is 5.11 Å². The minimum atomic E-state index is 0.171. The molecule has 0 aromatic heterocycles. The van der Waals surface area contributed by atoms with Crippen molar-refractivity contribution in [3.05, 3.63) is 35.4 Å². The van der Waals surface area contributed by atoms with Crippen LogP contribution in [0.15, 0.2) is 29.4 Å². The molecule has 0 aliphatic carbocycles. The van der Waals surface area contributed by atoms with Crippen molar-refractivity contribution in [2.45, 2.75) is 46.3 Å². The topological polar surface area (TPSA) is 53.6 Å². The fourth-order valence-electron chi connectivity index (χ4n) is 2.13. The molecule has 110 valence electrons. The summed E-state index contributed by atoms with van der Waals surface area (Å²) in [5.74, 6) is 0. The Morgan fingerprint density at radius 1 is 1.30 bits per heavy atom. The van der Waals surface area contributed by atoms with Crippen LogP contribution in [0, 0.1) is 0 Å². The lowest BCUT2D eigenvalue weighted by Gasteiger charge is -2.31. The van der Waals surface area contributed by atoms with Crippen LogP contribution in [0.25, 0.3) is 0 Å². The molecular formula is C15H24N4S. The number of benzene rings is 1. The number of nitrogens with two attached hydrogens (primary N) is 1. The zero-order valence-corrected chi connectivity index (χ0v) is 13.4. The van der Waals surface area contributed by atoms with Crippen molar-refractivity contribution in [1.29, 1.82) is 0 Å². The zero-order chi connectivity index (χ0) is 15.1. The number of hydrogen-bond acceptors (Lipinski definition) is 3. The molecule has 0 aliphatic rings. The van der Waals surface area contributed by atoms with Crippen LogP contribution in [0.3, 0.4) is 0 Å². The Kier molecular flexibility index (Phi) is 6.61. The van der Waals surface area contributed by atoms with E-state index in [1.807, 2.05) is 18.2 Å². The fraction of sp³-hybridized carbons (Fsp3) is 0.467. The first-order valence-corrected chi connectivity index (χ1v) is 7.24. The van der Waals surface area contributed by atoms with Gasteiger partial charge in [0.25, 0.3) is 0 Å². The number of rotatable bonds is 6. The van der Waals surface area contributed by atoms with Gasteiger partial charge in [-0.2, -0.15) is 5.10 Å². The smallest absolute Gasteiger partial charge is 0.184 e. The first kappa shape index (κ1) is 16.6. The molecule has 0 unspecified atom stereocenters. The van der Waals surface area contributed by atoms with E-state index in [1.54, 1.807) is 6.21 Å². The molecule has 0 atom stereocenters. The highest BCUT2D eigenvalue weighted by Gasteiger charge is 2.14. The number of thiocarbonyl (C=S) groups is 1. The molecule has 0 fully saturated rings. The number of nitrogens with zero attached hydrogens (tertiary/aromatic N) is 2. The van der Waals surface area contributed by atoms with Gasteiger partial charge in [-0.05, 0) is 51.0 Å². The van der Waals surface area contributed by atoms with Gasteiger partial charge in [0.2, 0.25) is 0 Å². The first-order valence-electron chi connectivity index (χ1n) is 6.84. The van der Waals surface area contributed by atoms with Crippen LogP contribution in [0.2, 0.25) is 0 Å². The molecule has 4 nitrogen and oxygen atoms in total. The van der Waals surface area contributed by atoms with Crippen LogP contribution in [-0.2, 0) is 6.54 Å². The lowest BCUT2D eigenvalue weighted by Crippen LogP contribution is -2.36. The van der Waals surface area contributed by atoms with Gasteiger partial charge in [-0.25, -0.2) is 0 Å². The summed E-state index contributed by atoms with van der Waals surface area (Å²) in [4.78, 5) is 2.44. The van der Waals surface area contributed by atoms with Crippen molar-refractivity contribution >= 4 is 23.5 Å². The Bertz CT molecular complexity index is 461. The van der Waals surface area contributed by atoms with Crippen molar-refractivity contribution in [1.82, 2.24) is 10.3 Å². The molecule has 1 aromatic carbocycles. The van der Waals surface area contributed by atoms with Gasteiger partial charge < -0.3 is 5.73 Å². The van der Waals surface area contributed by atoms with Crippen molar-refractivity contribution in [3.8, 4) is 0 Å². The second kappa shape index (κ2) is 7.97. The Balaban J connectivity index is 2.89. The summed E-state index contributed by atoms with van der Waals surface area (Å²) < 4.78 is 0. The molecule has 0 aliphatic heterocycles. The van der Waals surface area contributed by atoms with Gasteiger partial charge in [-0.15, -0.1) is 0 Å². The molecule has 0 saturated heterocycles. The van der Waals surface area contributed by atoms with Crippen molar-refractivity contribution in [2.24, 2.45) is 10.8 Å². The Hall–Kier alpha value is -1.46. The van der Waals surface area contributed by atoms with Gasteiger partial charge in [-0.3, -0.25) is 10.3 Å². The Labute approximate surface area is 127 Å². The van der Waals surface area contributed by atoms with Gasteiger partial charge in [0.15, 0.2) is 5.11 Å². The standard InChI is InChI=1S/C15H24N4S/c1-11(2)19(12(3)4)10-14-8-6-5-7-13(14)9-17-18-15(16)20/h5-9,11-12H,10H2,1-4H3,(H3,16,18,20). The van der Waals surface area contributed by atoms with E-state index in [9.17, 15) is 0 Å². The van der Waals surface area contributed by atoms with Crippen LogP contribution < -0.4 is 11.2 Å². The van der Waals surface area contributed by atoms with Gasteiger partial charge >= 0.3 is 0 Å². The van der Waals surface area contributed by atoms with E-state index in [0.717, 1.165) is 12.1 Å². The second-order valence-corrected chi connectivity index (χ2v) is 5.73. The lowest BCUT2D eigenvalue weighted by molar-refractivity contribution is 0.166. The third kappa shape index (κ3) is 5.27. The predicted octanol–water partition coefficient (Wildman–Crippen LogP) is 2.47. The summed E-state index contributed by atoms with van der Waals surface area (Å²) in [7, 11) is 0. The molecule has 0 spiro atoms. The van der Waals surface area contributed by atoms with E-state index in [1.165, 1.54) is 5.56 Å². The van der Waals surface area contributed by atoms with Crippen LogP contribution >= 0.6 is 12.2 Å². The highest BCUT2D eigenvalue weighted by Crippen LogP contribution is 2.14. The Morgan fingerprint density at radius 3 is 2.45 bits per heavy atom. The maximum atomic E-state index is 5.35. The van der Waals surface area contributed by atoms with E-state index in [0.29, 0.717) is 12.1 Å². The molecule has 0 amide bonds. The third-order valence-corrected chi connectivity index (χ3v) is 3.20. The molecule has 1 rings (SSSR count). The largest absolute Gasteiger partial charge is 0.375 e. The number of nitrogens with one attached hydrogen (secondary N) is 1. The van der Waals surface area contributed by atoms with E-state index < -0.39 is 0 Å². The average Bonchev–Trinajstić information content (AvgIpc) is 2.36. The quantitative estimate of drug-likeness (QED) is 0.480. The minimum Gasteiger partial charge on any atom is -0.375 e. The summed E-state index contributed by atoms with van der Waals surface area (Å²) in [6.45, 7) is 9.75. The monoisotopic (exact) mass is 292 g/mol. The molecule has 0 radical (unpaired) electrons. The van der Waals surface area contributed by atoms with E-state index in [4.69, 9.17) is 18.0 Å². The molecule has 0 heterocycles. The summed E-state index contributed by atoms with van der Waals surface area (Å²) in [6, 6.07) is 9.20. The number of hydrazone groups is 1. The summed E-state index contributed by atoms with van der Waals surface area (Å²) in [5, 5.41) is 4.21. The molecular weight excluding hydrogens is 268 g/mol. The van der Waals surface area contributed by atoms with E-state index >= 15 is 0 Å². The highest BCUT2D eigenvalue weighted by atomic mass is 32.1. The molecule has 3 N–H and O–H groups in total. The molecule has 1 aromatic rings. The van der Waals surface area contributed by atoms with Gasteiger partial charge in [0.1, 0.15) is 0 Å². The minimum absolute atomic E-state index is 0.171. The average molecular weight is 292 g/mol. The van der Waals surface area contributed by atoms with Crippen molar-refractivity contribution in [2.75, 3.05) is 0 Å². The second-order valence-electron chi connectivity index (χ2n) is 5.29. The normalized spacial score (nSPS) is 11.8. The SMILES string of the molecule is CC(C)N(Cc1ccccc1C=NNC(N)=S)C(C)C. The highest BCUT2D eigenvalue weighted by molar-refractivity contribution is 7.80.